The first-order chi connectivity index (χ1) is 21.3. The van der Waals surface area contributed by atoms with E-state index in [2.05, 4.69) is 15.3 Å². The molecule has 0 unspecified atom stereocenters. The number of halogens is 3. The number of Topliss-reactive ketones (excluding diaryl/α,β-unsaturated/α-hetero) is 1. The van der Waals surface area contributed by atoms with Gasteiger partial charge in [-0.1, -0.05) is 6.92 Å². The first-order valence-corrected chi connectivity index (χ1v) is 15.2. The molecule has 0 aliphatic carbocycles. The number of aryl methyl sites for hydroxylation is 1. The van der Waals surface area contributed by atoms with E-state index in [1.165, 1.54) is 12.4 Å². The SMILES string of the molecule is CCc1cnc2c(C(=O)Cc3cnccc3N3C[C@@H](CC(=O)OC(C)(C)C)C[C@@H](C(F)(F)F)C3)c(NC(=O)OC(C)(C)C)oc2c1. The Morgan fingerprint density at radius 1 is 1.04 bits per heavy atom. The van der Waals surface area contributed by atoms with E-state index in [-0.39, 0.29) is 54.9 Å². The first kappa shape index (κ1) is 34.7. The molecule has 0 saturated carbocycles. The van der Waals surface area contributed by atoms with Gasteiger partial charge in [-0.05, 0) is 78.0 Å². The van der Waals surface area contributed by atoms with Gasteiger partial charge in [-0.3, -0.25) is 24.9 Å². The van der Waals surface area contributed by atoms with Gasteiger partial charge in [0.2, 0.25) is 5.88 Å². The highest BCUT2D eigenvalue weighted by Crippen LogP contribution is 2.39. The van der Waals surface area contributed by atoms with Crippen molar-refractivity contribution in [3.8, 4) is 0 Å². The van der Waals surface area contributed by atoms with Gasteiger partial charge in [0.1, 0.15) is 22.3 Å². The number of carbonyl (C=O) groups excluding carboxylic acids is 3. The van der Waals surface area contributed by atoms with Crippen molar-refractivity contribution in [3.05, 3.63) is 47.4 Å². The molecule has 0 spiro atoms. The van der Waals surface area contributed by atoms with Gasteiger partial charge >= 0.3 is 18.2 Å². The molecule has 3 aromatic heterocycles. The number of nitrogens with zero attached hydrogens (tertiary/aromatic N) is 3. The van der Waals surface area contributed by atoms with Crippen molar-refractivity contribution < 1.29 is 41.4 Å². The van der Waals surface area contributed by atoms with Gasteiger partial charge < -0.3 is 18.8 Å². The minimum Gasteiger partial charge on any atom is -0.460 e. The van der Waals surface area contributed by atoms with Crippen molar-refractivity contribution in [3.63, 3.8) is 0 Å². The summed E-state index contributed by atoms with van der Waals surface area (Å²) in [5.74, 6) is -3.53. The summed E-state index contributed by atoms with van der Waals surface area (Å²) in [5, 5.41) is 2.52. The predicted molar refractivity (Wildman–Crippen MR) is 166 cm³/mol. The lowest BCUT2D eigenvalue weighted by molar-refractivity contribution is -0.181. The smallest absolute Gasteiger partial charge is 0.414 e. The monoisotopic (exact) mass is 646 g/mol. The molecule has 13 heteroatoms. The Bertz CT molecular complexity index is 1590. The van der Waals surface area contributed by atoms with E-state index in [4.69, 9.17) is 13.9 Å². The van der Waals surface area contributed by atoms with E-state index in [0.29, 0.717) is 17.7 Å². The second-order valence-corrected chi connectivity index (χ2v) is 13.6. The lowest BCUT2D eigenvalue weighted by Crippen LogP contribution is -2.47. The second-order valence-electron chi connectivity index (χ2n) is 13.6. The Morgan fingerprint density at radius 3 is 2.37 bits per heavy atom. The van der Waals surface area contributed by atoms with Gasteiger partial charge in [-0.25, -0.2) is 4.79 Å². The summed E-state index contributed by atoms with van der Waals surface area (Å²) in [4.78, 5) is 49.3. The Kier molecular flexibility index (Phi) is 10.0. The molecule has 1 aliphatic heterocycles. The summed E-state index contributed by atoms with van der Waals surface area (Å²) >= 11 is 0. The maximum atomic E-state index is 14.1. The molecule has 10 nitrogen and oxygen atoms in total. The van der Waals surface area contributed by atoms with E-state index in [1.54, 1.807) is 64.8 Å². The van der Waals surface area contributed by atoms with Gasteiger partial charge in [0.05, 0.1) is 12.3 Å². The van der Waals surface area contributed by atoms with Gasteiger partial charge in [0.15, 0.2) is 11.4 Å². The molecule has 1 fully saturated rings. The van der Waals surface area contributed by atoms with Crippen LogP contribution in [0.4, 0.5) is 29.5 Å². The molecule has 4 rings (SSSR count). The molecular weight excluding hydrogens is 605 g/mol. The molecule has 3 aromatic rings. The number of piperidine rings is 1. The third kappa shape index (κ3) is 8.97. The fourth-order valence-corrected chi connectivity index (χ4v) is 5.49. The van der Waals surface area contributed by atoms with E-state index in [1.807, 2.05) is 6.92 Å². The molecule has 1 saturated heterocycles. The third-order valence-electron chi connectivity index (χ3n) is 7.33. The van der Waals surface area contributed by atoms with Crippen LogP contribution in [0.2, 0.25) is 0 Å². The van der Waals surface area contributed by atoms with Crippen LogP contribution in [0.25, 0.3) is 11.1 Å². The number of hydrogen-bond donors (Lipinski definition) is 1. The summed E-state index contributed by atoms with van der Waals surface area (Å²) in [7, 11) is 0. The van der Waals surface area contributed by atoms with E-state index in [0.717, 1.165) is 5.56 Å². The predicted octanol–water partition coefficient (Wildman–Crippen LogP) is 7.29. The topological polar surface area (TPSA) is 124 Å². The van der Waals surface area contributed by atoms with Gasteiger partial charge in [0.25, 0.3) is 0 Å². The van der Waals surface area contributed by atoms with Crippen molar-refractivity contribution in [2.75, 3.05) is 23.3 Å². The summed E-state index contributed by atoms with van der Waals surface area (Å²) in [5.41, 5.74) is 0.547. The van der Waals surface area contributed by atoms with Crippen LogP contribution in [0, 0.1) is 11.8 Å². The van der Waals surface area contributed by atoms with Gasteiger partial charge in [0, 0.05) is 49.4 Å². The number of pyridine rings is 2. The molecule has 46 heavy (non-hydrogen) atoms. The highest BCUT2D eigenvalue weighted by atomic mass is 19.4. The molecular formula is C33H41F3N4O6. The van der Waals surface area contributed by atoms with Crippen LogP contribution in [0.5, 0.6) is 0 Å². The number of esters is 1. The zero-order chi connectivity index (χ0) is 34.0. The van der Waals surface area contributed by atoms with Crippen molar-refractivity contribution >= 4 is 40.5 Å². The van der Waals surface area contributed by atoms with Crippen LogP contribution in [0.3, 0.4) is 0 Å². The van der Waals surface area contributed by atoms with Crippen LogP contribution >= 0.6 is 0 Å². The average molecular weight is 647 g/mol. The maximum Gasteiger partial charge on any atom is 0.414 e. The number of nitrogens with one attached hydrogen (secondary N) is 1. The number of rotatable bonds is 8. The summed E-state index contributed by atoms with van der Waals surface area (Å²) in [6.45, 7) is 11.9. The van der Waals surface area contributed by atoms with Crippen LogP contribution in [-0.4, -0.2) is 58.3 Å². The maximum absolute atomic E-state index is 14.1. The Labute approximate surface area is 266 Å². The minimum atomic E-state index is -4.49. The summed E-state index contributed by atoms with van der Waals surface area (Å²) < 4.78 is 58.9. The van der Waals surface area contributed by atoms with Crippen LogP contribution < -0.4 is 10.2 Å². The van der Waals surface area contributed by atoms with Crippen molar-refractivity contribution in [2.24, 2.45) is 11.8 Å². The van der Waals surface area contributed by atoms with Gasteiger partial charge in [-0.2, -0.15) is 13.2 Å². The fourth-order valence-electron chi connectivity index (χ4n) is 5.49. The fraction of sp³-hybridized carbons (Fsp3) is 0.545. The average Bonchev–Trinajstić information content (AvgIpc) is 3.27. The highest BCUT2D eigenvalue weighted by molar-refractivity contribution is 6.12. The highest BCUT2D eigenvalue weighted by Gasteiger charge is 2.45. The second kappa shape index (κ2) is 13.3. The minimum absolute atomic E-state index is 0.00734. The zero-order valence-electron chi connectivity index (χ0n) is 27.2. The van der Waals surface area contributed by atoms with Crippen LogP contribution in [-0.2, 0) is 27.1 Å². The van der Waals surface area contributed by atoms with E-state index < -0.39 is 47.1 Å². The molecule has 4 heterocycles. The Balaban J connectivity index is 1.66. The number of anilines is 2. The number of ketones is 1. The number of amides is 1. The summed E-state index contributed by atoms with van der Waals surface area (Å²) in [6, 6.07) is 3.29. The Hall–Kier alpha value is -4.16. The lowest BCUT2D eigenvalue weighted by Gasteiger charge is -2.40. The zero-order valence-corrected chi connectivity index (χ0v) is 27.2. The summed E-state index contributed by atoms with van der Waals surface area (Å²) in [6.07, 6.45) is -0.852. The first-order valence-electron chi connectivity index (χ1n) is 15.2. The van der Waals surface area contributed by atoms with Crippen molar-refractivity contribution in [1.82, 2.24) is 9.97 Å². The van der Waals surface area contributed by atoms with Crippen molar-refractivity contribution in [1.29, 1.82) is 0 Å². The number of alkyl halides is 3. The normalized spacial score (nSPS) is 17.6. The molecule has 1 aliphatic rings. The van der Waals surface area contributed by atoms with Crippen LogP contribution in [0.1, 0.15) is 82.8 Å². The molecule has 0 radical (unpaired) electrons. The quantitative estimate of drug-likeness (QED) is 0.198. The van der Waals surface area contributed by atoms with Crippen molar-refractivity contribution in [2.45, 2.75) is 91.5 Å². The molecule has 1 amide bonds. The van der Waals surface area contributed by atoms with Crippen LogP contribution in [0.15, 0.2) is 35.1 Å². The Morgan fingerprint density at radius 2 is 1.74 bits per heavy atom. The number of furan rings is 1. The molecule has 2 atom stereocenters. The van der Waals surface area contributed by atoms with E-state index in [9.17, 15) is 27.6 Å². The third-order valence-corrected chi connectivity index (χ3v) is 7.33. The molecule has 1 N–H and O–H groups in total. The molecule has 0 aromatic carbocycles. The van der Waals surface area contributed by atoms with Gasteiger partial charge in [-0.15, -0.1) is 0 Å². The number of ether oxygens (including phenoxy) is 2. The molecule has 250 valence electrons. The molecule has 0 bridgehead atoms. The number of aromatic nitrogens is 2. The standard InChI is InChI=1S/C33H41F3N4O6/c1-8-19-12-25-28(38-15-19)27(29(44-25)39-30(43)46-32(5,6)7)24(41)14-21-16-37-10-9-23(21)40-17-20(11-22(18-40)33(34,35)36)13-26(42)45-31(2,3)4/h9-10,12,15-16,20,22H,8,11,13-14,17-18H2,1-7H3,(H,39,43)/t20-,22-/m1/s1. The number of hydrogen-bond acceptors (Lipinski definition) is 9. The number of carbonyl (C=O) groups is 3. The lowest BCUT2D eigenvalue weighted by atomic mass is 9.86. The number of fused-ring (bicyclic) bond motifs is 1. The van der Waals surface area contributed by atoms with E-state index >= 15 is 0 Å². The largest absolute Gasteiger partial charge is 0.460 e.